The lowest BCUT2D eigenvalue weighted by atomic mass is 9.94. The molecule has 0 aromatic heterocycles. The number of Topliss-reactive ketones (excluding diaryl/α,β-unsaturated/α-hetero) is 1. The molecule has 0 spiro atoms. The Morgan fingerprint density at radius 1 is 0.946 bits per heavy atom. The van der Waals surface area contributed by atoms with E-state index < -0.39 is 17.7 Å². The molecule has 2 aliphatic heterocycles. The normalized spacial score (nSPS) is 19.4. The number of ether oxygens (including phenoxy) is 1. The van der Waals surface area contributed by atoms with Crippen molar-refractivity contribution in [3.05, 3.63) is 94.0 Å². The van der Waals surface area contributed by atoms with Crippen LogP contribution in [-0.4, -0.2) is 37.0 Å². The average Bonchev–Trinajstić information content (AvgIpc) is 3.19. The Balaban J connectivity index is 1.64. The fourth-order valence-corrected chi connectivity index (χ4v) is 5.63. The van der Waals surface area contributed by atoms with E-state index in [-0.39, 0.29) is 22.6 Å². The van der Waals surface area contributed by atoms with Crippen LogP contribution >= 0.6 is 11.6 Å². The lowest BCUT2D eigenvalue weighted by molar-refractivity contribution is -0.132. The molecule has 5 rings (SSSR count). The lowest BCUT2D eigenvalue weighted by Crippen LogP contribution is -2.30. The number of piperidine rings is 1. The number of amides is 1. The smallest absolute Gasteiger partial charge is 0.300 e. The highest BCUT2D eigenvalue weighted by molar-refractivity contribution is 6.51. The van der Waals surface area contributed by atoms with Gasteiger partial charge in [0.2, 0.25) is 0 Å². The van der Waals surface area contributed by atoms with Crippen molar-refractivity contribution in [1.82, 2.24) is 0 Å². The lowest BCUT2D eigenvalue weighted by Gasteiger charge is -2.30. The van der Waals surface area contributed by atoms with Gasteiger partial charge < -0.3 is 14.7 Å². The average molecular weight is 517 g/mol. The Hall–Kier alpha value is -3.77. The molecule has 190 valence electrons. The molecule has 2 fully saturated rings. The summed E-state index contributed by atoms with van der Waals surface area (Å²) in [6, 6.07) is 19.6. The molecule has 1 amide bonds. The third-order valence-corrected chi connectivity index (χ3v) is 7.34. The van der Waals surface area contributed by atoms with Crippen LogP contribution in [0, 0.1) is 6.92 Å². The van der Waals surface area contributed by atoms with Crippen LogP contribution in [0.15, 0.2) is 72.3 Å². The monoisotopic (exact) mass is 516 g/mol. The quantitative estimate of drug-likeness (QED) is 0.246. The number of carbonyl (C=O) groups excluding carboxylic acids is 2. The van der Waals surface area contributed by atoms with Gasteiger partial charge in [-0.3, -0.25) is 14.5 Å². The maximum Gasteiger partial charge on any atom is 0.300 e. The van der Waals surface area contributed by atoms with Crippen molar-refractivity contribution >= 4 is 40.4 Å². The maximum atomic E-state index is 13.5. The minimum absolute atomic E-state index is 0.00345. The van der Waals surface area contributed by atoms with E-state index in [0.29, 0.717) is 16.3 Å². The van der Waals surface area contributed by atoms with Gasteiger partial charge in [-0.1, -0.05) is 41.9 Å². The molecule has 3 aromatic carbocycles. The first-order chi connectivity index (χ1) is 17.9. The van der Waals surface area contributed by atoms with Crippen LogP contribution in [-0.2, 0) is 9.59 Å². The van der Waals surface area contributed by atoms with Crippen molar-refractivity contribution in [3.63, 3.8) is 0 Å². The van der Waals surface area contributed by atoms with Gasteiger partial charge in [0.25, 0.3) is 11.7 Å². The van der Waals surface area contributed by atoms with Gasteiger partial charge in [-0.25, -0.2) is 0 Å². The summed E-state index contributed by atoms with van der Waals surface area (Å²) in [5, 5.41) is 11.8. The van der Waals surface area contributed by atoms with Gasteiger partial charge >= 0.3 is 0 Å². The predicted octanol–water partition coefficient (Wildman–Crippen LogP) is 6.27. The van der Waals surface area contributed by atoms with E-state index >= 15 is 0 Å². The van der Waals surface area contributed by atoms with Crippen LogP contribution in [0.25, 0.3) is 5.76 Å². The van der Waals surface area contributed by atoms with E-state index in [1.54, 1.807) is 12.1 Å². The molecular formula is C30H29ClN2O4. The van der Waals surface area contributed by atoms with Gasteiger partial charge in [-0.2, -0.15) is 0 Å². The van der Waals surface area contributed by atoms with E-state index in [1.165, 1.54) is 18.4 Å². The van der Waals surface area contributed by atoms with Crippen molar-refractivity contribution in [1.29, 1.82) is 0 Å². The number of nitrogens with zero attached hydrogens (tertiary/aromatic N) is 2. The molecule has 6 nitrogen and oxygen atoms in total. The fraction of sp³-hybridized carbons (Fsp3) is 0.267. The van der Waals surface area contributed by atoms with Crippen LogP contribution in [0.1, 0.15) is 42.0 Å². The van der Waals surface area contributed by atoms with E-state index in [4.69, 9.17) is 16.3 Å². The minimum atomic E-state index is -0.814. The van der Waals surface area contributed by atoms with Gasteiger partial charge in [0, 0.05) is 24.5 Å². The third kappa shape index (κ3) is 4.58. The van der Waals surface area contributed by atoms with Crippen molar-refractivity contribution in [3.8, 4) is 5.75 Å². The Bertz CT molecular complexity index is 1360. The molecule has 0 saturated carbocycles. The van der Waals surface area contributed by atoms with Gasteiger partial charge in [0.05, 0.1) is 29.3 Å². The number of rotatable bonds is 5. The highest BCUT2D eigenvalue weighted by Crippen LogP contribution is 2.44. The standard InChI is InChI=1S/C30H29ClN2O4/c1-19-17-23(29(37-2)24(31)18-19)27(34)25-26(20-9-5-3-6-10-20)33(30(36)28(25)35)22-13-11-21(12-14-22)32-15-7-4-8-16-32/h3,5-6,9-14,17-18,26,34H,4,7-8,15-16H2,1-2H3/b27-25+. The summed E-state index contributed by atoms with van der Waals surface area (Å²) in [5.74, 6) is -1.53. The largest absolute Gasteiger partial charge is 0.507 e. The van der Waals surface area contributed by atoms with Crippen LogP contribution in [0.5, 0.6) is 5.75 Å². The summed E-state index contributed by atoms with van der Waals surface area (Å²) in [5.41, 5.74) is 3.44. The number of halogens is 1. The number of anilines is 2. The number of aryl methyl sites for hydroxylation is 1. The van der Waals surface area contributed by atoms with Gasteiger partial charge in [-0.15, -0.1) is 0 Å². The molecule has 37 heavy (non-hydrogen) atoms. The number of hydrogen-bond donors (Lipinski definition) is 1. The SMILES string of the molecule is COc1c(Cl)cc(C)cc1/C(O)=C1\C(=O)C(=O)N(c2ccc(N3CCCCC3)cc2)C1c1ccccc1. The molecule has 0 bridgehead atoms. The molecule has 1 unspecified atom stereocenters. The second-order valence-corrected chi connectivity index (χ2v) is 9.88. The highest BCUT2D eigenvalue weighted by atomic mass is 35.5. The number of hydrogen-bond acceptors (Lipinski definition) is 5. The summed E-state index contributed by atoms with van der Waals surface area (Å²) < 4.78 is 5.46. The number of carbonyl (C=O) groups is 2. The van der Waals surface area contributed by atoms with Crippen molar-refractivity contribution in [2.45, 2.75) is 32.2 Å². The molecule has 1 N–H and O–H groups in total. The number of benzene rings is 3. The third-order valence-electron chi connectivity index (χ3n) is 7.06. The first-order valence-corrected chi connectivity index (χ1v) is 12.8. The zero-order valence-corrected chi connectivity index (χ0v) is 21.7. The molecule has 2 aliphatic rings. The molecule has 3 aromatic rings. The van der Waals surface area contributed by atoms with Crippen molar-refractivity contribution < 1.29 is 19.4 Å². The van der Waals surface area contributed by atoms with Gasteiger partial charge in [-0.05, 0) is 73.7 Å². The predicted molar refractivity (Wildman–Crippen MR) is 146 cm³/mol. The maximum absolute atomic E-state index is 13.5. The first kappa shape index (κ1) is 24.9. The van der Waals surface area contributed by atoms with E-state index in [1.807, 2.05) is 61.5 Å². The zero-order chi connectivity index (χ0) is 26.1. The Labute approximate surface area is 221 Å². The minimum Gasteiger partial charge on any atom is -0.507 e. The van der Waals surface area contributed by atoms with E-state index in [0.717, 1.165) is 37.2 Å². The Morgan fingerprint density at radius 2 is 1.59 bits per heavy atom. The summed E-state index contributed by atoms with van der Waals surface area (Å²) in [6.07, 6.45) is 3.57. The van der Waals surface area contributed by atoms with Gasteiger partial charge in [0.15, 0.2) is 0 Å². The second kappa shape index (κ2) is 10.3. The summed E-state index contributed by atoms with van der Waals surface area (Å²) >= 11 is 6.38. The Kier molecular flexibility index (Phi) is 6.94. The number of ketones is 1. The molecule has 1 atom stereocenters. The molecule has 2 heterocycles. The van der Waals surface area contributed by atoms with E-state index in [2.05, 4.69) is 4.90 Å². The van der Waals surface area contributed by atoms with Crippen molar-refractivity contribution in [2.75, 3.05) is 30.0 Å². The number of methoxy groups -OCH3 is 1. The number of aliphatic hydroxyl groups excluding tert-OH is 1. The number of aliphatic hydroxyl groups is 1. The topological polar surface area (TPSA) is 70.1 Å². The summed E-state index contributed by atoms with van der Waals surface area (Å²) in [7, 11) is 1.45. The molecule has 7 heteroatoms. The van der Waals surface area contributed by atoms with Crippen LogP contribution < -0.4 is 14.5 Å². The second-order valence-electron chi connectivity index (χ2n) is 9.47. The van der Waals surface area contributed by atoms with Crippen molar-refractivity contribution in [2.24, 2.45) is 0 Å². The highest BCUT2D eigenvalue weighted by Gasteiger charge is 2.47. The van der Waals surface area contributed by atoms with Gasteiger partial charge in [0.1, 0.15) is 11.5 Å². The summed E-state index contributed by atoms with van der Waals surface area (Å²) in [4.78, 5) is 30.8. The molecule has 0 aliphatic carbocycles. The molecule has 0 radical (unpaired) electrons. The van der Waals surface area contributed by atoms with Crippen LogP contribution in [0.2, 0.25) is 5.02 Å². The first-order valence-electron chi connectivity index (χ1n) is 12.5. The van der Waals surface area contributed by atoms with E-state index in [9.17, 15) is 14.7 Å². The fourth-order valence-electron chi connectivity index (χ4n) is 5.28. The Morgan fingerprint density at radius 3 is 2.24 bits per heavy atom. The molecule has 2 saturated heterocycles. The van der Waals surface area contributed by atoms with Crippen LogP contribution in [0.3, 0.4) is 0 Å². The summed E-state index contributed by atoms with van der Waals surface area (Å²) in [6.45, 7) is 3.85. The molecular weight excluding hydrogens is 488 g/mol. The van der Waals surface area contributed by atoms with Crippen LogP contribution in [0.4, 0.5) is 11.4 Å². The zero-order valence-electron chi connectivity index (χ0n) is 20.9.